The molecule has 2 saturated heterocycles. The Morgan fingerprint density at radius 3 is 2.66 bits per heavy atom. The largest absolute Gasteiger partial charge is 0.456 e. The Labute approximate surface area is 298 Å². The summed E-state index contributed by atoms with van der Waals surface area (Å²) in [6.07, 6.45) is 11.0. The molecule has 10 heteroatoms. The third-order valence-corrected chi connectivity index (χ3v) is 15.5. The van der Waals surface area contributed by atoms with E-state index in [1.165, 1.54) is 19.7 Å². The molecule has 2 spiro atoms. The van der Waals surface area contributed by atoms with Crippen molar-refractivity contribution >= 4 is 5.97 Å². The first kappa shape index (κ1) is 35.5. The molecule has 1 aromatic heterocycles. The summed E-state index contributed by atoms with van der Waals surface area (Å²) in [5.74, 6) is 1.92. The highest BCUT2D eigenvalue weighted by atomic mass is 16.7. The van der Waals surface area contributed by atoms with E-state index in [0.717, 1.165) is 63.9 Å². The smallest absolute Gasteiger partial charge is 0.303 e. The lowest BCUT2D eigenvalue weighted by Crippen LogP contribution is -2.59. The summed E-state index contributed by atoms with van der Waals surface area (Å²) in [7, 11) is 0. The molecule has 0 aromatic carbocycles. The Morgan fingerprint density at radius 1 is 1.18 bits per heavy atom. The van der Waals surface area contributed by atoms with E-state index >= 15 is 0 Å². The van der Waals surface area contributed by atoms with Crippen LogP contribution in [0.15, 0.2) is 17.1 Å². The maximum absolute atomic E-state index is 12.5. The molecule has 8 rings (SSSR count). The summed E-state index contributed by atoms with van der Waals surface area (Å²) < 4.78 is 30.6. The van der Waals surface area contributed by atoms with Gasteiger partial charge < -0.3 is 33.6 Å². The fourth-order valence-corrected chi connectivity index (χ4v) is 13.2. The number of hydrogen-bond acceptors (Lipinski definition) is 10. The van der Waals surface area contributed by atoms with Crippen molar-refractivity contribution in [2.75, 3.05) is 19.7 Å². The molecule has 3 heterocycles. The van der Waals surface area contributed by atoms with Gasteiger partial charge in [-0.2, -0.15) is 0 Å². The van der Waals surface area contributed by atoms with Crippen molar-refractivity contribution in [3.05, 3.63) is 36.5 Å². The zero-order chi connectivity index (χ0) is 35.6. The summed E-state index contributed by atoms with van der Waals surface area (Å²) in [6, 6.07) is 0. The number of esters is 1. The first-order valence-corrected chi connectivity index (χ1v) is 19.2. The molecule has 1 aromatic rings. The Hall–Kier alpha value is -1.56. The molecule has 0 bridgehead atoms. The van der Waals surface area contributed by atoms with E-state index in [4.69, 9.17) is 23.4 Å². The highest BCUT2D eigenvalue weighted by Crippen LogP contribution is 2.90. The zero-order valence-electron chi connectivity index (χ0n) is 31.4. The van der Waals surface area contributed by atoms with Crippen LogP contribution in [0.5, 0.6) is 0 Å². The lowest BCUT2D eigenvalue weighted by Gasteiger charge is -2.63. The molecule has 5 aliphatic carbocycles. The Bertz CT molecular complexity index is 1440. The lowest BCUT2D eigenvalue weighted by molar-refractivity contribution is -0.244. The lowest BCUT2D eigenvalue weighted by atomic mass is 9.41. The van der Waals surface area contributed by atoms with Crippen LogP contribution in [0.3, 0.4) is 0 Å². The molecule has 1 unspecified atom stereocenters. The number of morpholine rings is 1. The number of fused-ring (bicyclic) bond motifs is 4. The quantitative estimate of drug-likeness (QED) is 0.328. The second-order valence-corrected chi connectivity index (χ2v) is 18.8. The van der Waals surface area contributed by atoms with Crippen LogP contribution in [0.1, 0.15) is 112 Å². The summed E-state index contributed by atoms with van der Waals surface area (Å²) in [5, 5.41) is 23.5. The number of aliphatic hydroxyl groups is 2. The van der Waals surface area contributed by atoms with E-state index in [1.54, 1.807) is 26.0 Å². The predicted octanol–water partition coefficient (Wildman–Crippen LogP) is 6.02. The van der Waals surface area contributed by atoms with Gasteiger partial charge in [-0.3, -0.25) is 9.69 Å². The van der Waals surface area contributed by atoms with Gasteiger partial charge in [-0.05, 0) is 105 Å². The molecule has 277 valence electrons. The van der Waals surface area contributed by atoms with Crippen molar-refractivity contribution in [1.82, 2.24) is 9.88 Å². The maximum Gasteiger partial charge on any atom is 0.303 e. The SMILES string of the molecule is CC(=O)O[C@@H]([C]1C[C@@H](C)[C@H]2[C](O1)[C@H](O)[C@@]1(C)[C]3CC[C@H]4C(C)(C)C(O[C@H]5CN(Cc6cocn6)CCO5)CC[C@@]45C[C@@]35CC[C@]21C)C(C)(C)O. The van der Waals surface area contributed by atoms with Crippen molar-refractivity contribution in [2.24, 2.45) is 44.8 Å². The normalized spacial score (nSPS) is 45.5. The van der Waals surface area contributed by atoms with Crippen LogP contribution in [-0.2, 0) is 30.3 Å². The number of rotatable bonds is 7. The van der Waals surface area contributed by atoms with Crippen molar-refractivity contribution < 1.29 is 38.4 Å². The number of aliphatic hydroxyl groups excluding tert-OH is 1. The van der Waals surface area contributed by atoms with E-state index in [-0.39, 0.29) is 45.9 Å². The van der Waals surface area contributed by atoms with Gasteiger partial charge in [0.05, 0.1) is 36.7 Å². The van der Waals surface area contributed by atoms with Gasteiger partial charge in [0.2, 0.25) is 0 Å². The topological polar surface area (TPSA) is 124 Å². The van der Waals surface area contributed by atoms with Crippen LogP contribution >= 0.6 is 0 Å². The van der Waals surface area contributed by atoms with Crippen molar-refractivity contribution in [2.45, 2.75) is 144 Å². The third kappa shape index (κ3) is 4.93. The number of ether oxygens (including phenoxy) is 4. The molecule has 3 radical (unpaired) electrons. The number of oxazole rings is 1. The second-order valence-electron chi connectivity index (χ2n) is 18.8. The average molecular weight is 696 g/mol. The van der Waals surface area contributed by atoms with E-state index in [0.29, 0.717) is 31.2 Å². The number of carbonyl (C=O) groups is 1. The van der Waals surface area contributed by atoms with Crippen molar-refractivity contribution in [3.8, 4) is 0 Å². The van der Waals surface area contributed by atoms with Crippen LogP contribution in [0.2, 0.25) is 0 Å². The summed E-state index contributed by atoms with van der Waals surface area (Å²) in [4.78, 5) is 18.7. The first-order chi connectivity index (χ1) is 23.5. The number of hydrogen-bond donors (Lipinski definition) is 2. The van der Waals surface area contributed by atoms with Crippen LogP contribution < -0.4 is 0 Å². The number of carbonyl (C=O) groups excluding carboxylic acids is 1. The number of nitrogens with zero attached hydrogens (tertiary/aromatic N) is 2. The Balaban J connectivity index is 1.01. The molecule has 2 N–H and O–H groups in total. The van der Waals surface area contributed by atoms with Crippen molar-refractivity contribution in [3.63, 3.8) is 0 Å². The van der Waals surface area contributed by atoms with Gasteiger partial charge in [0.15, 0.2) is 18.8 Å². The van der Waals surface area contributed by atoms with Gasteiger partial charge in [0, 0.05) is 31.3 Å². The number of aromatic nitrogens is 1. The van der Waals surface area contributed by atoms with Crippen LogP contribution in [-0.4, -0.2) is 76.0 Å². The molecular formula is C40H59N2O8. The average Bonchev–Trinajstić information content (AvgIpc) is 3.33. The molecule has 0 amide bonds. The maximum atomic E-state index is 12.5. The first-order valence-electron chi connectivity index (χ1n) is 19.2. The molecule has 7 fully saturated rings. The van der Waals surface area contributed by atoms with E-state index in [9.17, 15) is 15.0 Å². The molecule has 50 heavy (non-hydrogen) atoms. The fourth-order valence-electron chi connectivity index (χ4n) is 13.2. The third-order valence-electron chi connectivity index (χ3n) is 15.5. The van der Waals surface area contributed by atoms with Gasteiger partial charge >= 0.3 is 5.97 Å². The van der Waals surface area contributed by atoms with Crippen LogP contribution in [0, 0.1) is 63.0 Å². The minimum atomic E-state index is -1.31. The minimum Gasteiger partial charge on any atom is -0.456 e. The Kier molecular flexibility index (Phi) is 8.31. The van der Waals surface area contributed by atoms with Gasteiger partial charge in [0.1, 0.15) is 18.5 Å². The molecule has 5 saturated carbocycles. The molecule has 2 aliphatic heterocycles. The van der Waals surface area contributed by atoms with E-state index in [1.807, 2.05) is 0 Å². The highest BCUT2D eigenvalue weighted by molar-refractivity contribution is 5.66. The van der Waals surface area contributed by atoms with E-state index < -0.39 is 29.2 Å². The standard InChI is InChI=1S/C40H59N2O8/c1-23-17-26(34(36(5,6)45)48-24(2)43)49-32-31(23)37(7)13-14-40-21-39(40)12-11-29(35(3,4)27(39)9-10-28(40)38(37,8)33(32)44)50-30-19-42(15-16-47-30)18-25-20-46-22-41-25/h20,22-23,27,29-31,33-34,44-45H,9-19,21H2,1-8H3/t23-,27+,29?,30+,31+,33+,34+,37-,38-,39-,40+/m1/s1. The van der Waals surface area contributed by atoms with E-state index in [2.05, 4.69) is 44.5 Å². The molecule has 10 nitrogen and oxygen atoms in total. The molecular weight excluding hydrogens is 636 g/mol. The van der Waals surface area contributed by atoms with Crippen LogP contribution in [0.25, 0.3) is 0 Å². The fraction of sp³-hybridized carbons (Fsp3) is 0.825. The van der Waals surface area contributed by atoms with Gasteiger partial charge in [-0.25, -0.2) is 4.98 Å². The predicted molar refractivity (Wildman–Crippen MR) is 183 cm³/mol. The zero-order valence-corrected chi connectivity index (χ0v) is 31.4. The van der Waals surface area contributed by atoms with Crippen LogP contribution in [0.4, 0.5) is 0 Å². The molecule has 7 aliphatic rings. The summed E-state index contributed by atoms with van der Waals surface area (Å²) in [5.41, 5.74) is -0.581. The highest BCUT2D eigenvalue weighted by Gasteiger charge is 2.85. The van der Waals surface area contributed by atoms with Gasteiger partial charge in [-0.15, -0.1) is 0 Å². The Morgan fingerprint density at radius 2 is 1.96 bits per heavy atom. The summed E-state index contributed by atoms with van der Waals surface area (Å²) in [6.45, 7) is 19.5. The van der Waals surface area contributed by atoms with Gasteiger partial charge in [0.25, 0.3) is 0 Å². The molecule has 11 atom stereocenters. The van der Waals surface area contributed by atoms with Gasteiger partial charge in [-0.1, -0.05) is 34.6 Å². The van der Waals surface area contributed by atoms with Crippen molar-refractivity contribution in [1.29, 1.82) is 0 Å². The minimum absolute atomic E-state index is 0.00593. The second kappa shape index (κ2) is 11.7. The monoisotopic (exact) mass is 695 g/mol. The summed E-state index contributed by atoms with van der Waals surface area (Å²) >= 11 is 0.